The molecule has 0 unspecified atom stereocenters. The number of nitrogens with two attached hydrogens (primary N) is 1. The van der Waals surface area contributed by atoms with Crippen molar-refractivity contribution in [3.05, 3.63) is 27.1 Å². The Morgan fingerprint density at radius 1 is 1.77 bits per heavy atom. The first-order chi connectivity index (χ1) is 6.24. The van der Waals surface area contributed by atoms with Gasteiger partial charge >= 0.3 is 0 Å². The Kier molecular flexibility index (Phi) is 3.31. The smallest absolute Gasteiger partial charge is 0.180 e. The molecule has 0 aliphatic heterocycles. The summed E-state index contributed by atoms with van der Waals surface area (Å²) in [5, 5.41) is 3.93. The van der Waals surface area contributed by atoms with Crippen LogP contribution in [0.5, 0.6) is 0 Å². The van der Waals surface area contributed by atoms with Crippen molar-refractivity contribution in [1.29, 1.82) is 0 Å². The SMILES string of the molecule is Cc1nc(N)sc1C=CCN=[N+]=[N-]. The number of hydrogen-bond acceptors (Lipinski definition) is 4. The van der Waals surface area contributed by atoms with E-state index in [9.17, 15) is 0 Å². The molecule has 1 rings (SSSR count). The zero-order valence-corrected chi connectivity index (χ0v) is 7.95. The summed E-state index contributed by atoms with van der Waals surface area (Å²) in [6.45, 7) is 2.24. The first-order valence-electron chi connectivity index (χ1n) is 3.64. The normalized spacial score (nSPS) is 10.2. The van der Waals surface area contributed by atoms with E-state index in [0.717, 1.165) is 10.6 Å². The number of nitrogen functional groups attached to an aromatic ring is 1. The van der Waals surface area contributed by atoms with Crippen LogP contribution < -0.4 is 5.73 Å². The van der Waals surface area contributed by atoms with E-state index in [0.29, 0.717) is 11.7 Å². The van der Waals surface area contributed by atoms with Crippen LogP contribution in [0.2, 0.25) is 0 Å². The molecule has 0 saturated carbocycles. The number of aryl methyl sites for hydroxylation is 1. The second-order valence-corrected chi connectivity index (χ2v) is 3.38. The van der Waals surface area contributed by atoms with Crippen molar-refractivity contribution in [3.8, 4) is 0 Å². The van der Waals surface area contributed by atoms with Gasteiger partial charge in [-0.25, -0.2) is 4.98 Å². The molecule has 0 aliphatic carbocycles. The molecule has 0 atom stereocenters. The average molecular weight is 195 g/mol. The lowest BCUT2D eigenvalue weighted by Crippen LogP contribution is -1.80. The van der Waals surface area contributed by atoms with Crippen molar-refractivity contribution in [2.75, 3.05) is 12.3 Å². The van der Waals surface area contributed by atoms with E-state index < -0.39 is 0 Å². The minimum atomic E-state index is 0.355. The van der Waals surface area contributed by atoms with Crippen molar-refractivity contribution in [1.82, 2.24) is 4.98 Å². The molecule has 1 heterocycles. The molecule has 0 saturated heterocycles. The van der Waals surface area contributed by atoms with Crippen molar-refractivity contribution in [2.24, 2.45) is 5.11 Å². The fraction of sp³-hybridized carbons (Fsp3) is 0.286. The topological polar surface area (TPSA) is 87.7 Å². The number of rotatable bonds is 3. The number of azide groups is 1. The van der Waals surface area contributed by atoms with Crippen LogP contribution >= 0.6 is 11.3 Å². The first kappa shape index (κ1) is 9.57. The van der Waals surface area contributed by atoms with Crippen LogP contribution in [0, 0.1) is 6.92 Å². The lowest BCUT2D eigenvalue weighted by atomic mass is 10.3. The molecule has 0 fully saturated rings. The summed E-state index contributed by atoms with van der Waals surface area (Å²) in [5.74, 6) is 0. The minimum absolute atomic E-state index is 0.355. The molecule has 0 aromatic carbocycles. The van der Waals surface area contributed by atoms with E-state index >= 15 is 0 Å². The van der Waals surface area contributed by atoms with Gasteiger partial charge in [0.2, 0.25) is 0 Å². The fourth-order valence-electron chi connectivity index (χ4n) is 0.828. The van der Waals surface area contributed by atoms with Gasteiger partial charge in [0.15, 0.2) is 5.13 Å². The zero-order valence-electron chi connectivity index (χ0n) is 7.14. The maximum Gasteiger partial charge on any atom is 0.180 e. The number of anilines is 1. The van der Waals surface area contributed by atoms with Crippen LogP contribution in [0.4, 0.5) is 5.13 Å². The number of nitrogens with zero attached hydrogens (tertiary/aromatic N) is 4. The Labute approximate surface area is 79.5 Å². The van der Waals surface area contributed by atoms with E-state index in [1.54, 1.807) is 6.08 Å². The number of thiazole rings is 1. The highest BCUT2D eigenvalue weighted by Crippen LogP contribution is 2.20. The van der Waals surface area contributed by atoms with Crippen molar-refractivity contribution in [3.63, 3.8) is 0 Å². The molecule has 0 amide bonds. The maximum atomic E-state index is 8.02. The summed E-state index contributed by atoms with van der Waals surface area (Å²) in [6, 6.07) is 0. The third-order valence-electron chi connectivity index (χ3n) is 1.37. The predicted octanol–water partition coefficient (Wildman–Crippen LogP) is 2.36. The maximum absolute atomic E-state index is 8.02. The van der Waals surface area contributed by atoms with Crippen LogP contribution in [0.1, 0.15) is 10.6 Å². The van der Waals surface area contributed by atoms with Crippen molar-refractivity contribution < 1.29 is 0 Å². The van der Waals surface area contributed by atoms with Gasteiger partial charge in [0.1, 0.15) is 0 Å². The molecular weight excluding hydrogens is 186 g/mol. The Bertz CT molecular complexity index is 361. The highest BCUT2D eigenvalue weighted by atomic mass is 32.1. The van der Waals surface area contributed by atoms with Gasteiger partial charge in [-0.2, -0.15) is 0 Å². The Morgan fingerprint density at radius 2 is 2.54 bits per heavy atom. The lowest BCUT2D eigenvalue weighted by Gasteiger charge is -1.84. The van der Waals surface area contributed by atoms with Gasteiger partial charge in [0.05, 0.1) is 10.6 Å². The molecule has 6 heteroatoms. The summed E-state index contributed by atoms with van der Waals surface area (Å²) in [4.78, 5) is 7.69. The van der Waals surface area contributed by atoms with Gasteiger partial charge in [-0.1, -0.05) is 22.5 Å². The van der Waals surface area contributed by atoms with Crippen molar-refractivity contribution >= 4 is 22.5 Å². The van der Waals surface area contributed by atoms with Crippen LogP contribution in [0.3, 0.4) is 0 Å². The molecule has 13 heavy (non-hydrogen) atoms. The minimum Gasteiger partial charge on any atom is -0.375 e. The van der Waals surface area contributed by atoms with Crippen molar-refractivity contribution in [2.45, 2.75) is 6.92 Å². The Hall–Kier alpha value is -1.52. The highest BCUT2D eigenvalue weighted by Gasteiger charge is 1.99. The van der Waals surface area contributed by atoms with Crippen LogP contribution in [0.25, 0.3) is 16.5 Å². The Balaban J connectivity index is 2.67. The quantitative estimate of drug-likeness (QED) is 0.456. The number of hydrogen-bond donors (Lipinski definition) is 1. The summed E-state index contributed by atoms with van der Waals surface area (Å²) in [5.41, 5.74) is 14.4. The molecule has 0 radical (unpaired) electrons. The van der Waals surface area contributed by atoms with Gasteiger partial charge in [-0.3, -0.25) is 0 Å². The molecule has 0 bridgehead atoms. The van der Waals surface area contributed by atoms with Gasteiger partial charge < -0.3 is 5.73 Å². The van der Waals surface area contributed by atoms with Crippen LogP contribution in [-0.4, -0.2) is 11.5 Å². The molecule has 1 aromatic rings. The molecule has 0 aliphatic rings. The van der Waals surface area contributed by atoms with Crippen LogP contribution in [0.15, 0.2) is 11.2 Å². The highest BCUT2D eigenvalue weighted by molar-refractivity contribution is 7.16. The summed E-state index contributed by atoms with van der Waals surface area (Å²) in [6.07, 6.45) is 3.64. The van der Waals surface area contributed by atoms with Gasteiger partial charge in [0, 0.05) is 11.5 Å². The fourth-order valence-corrected chi connectivity index (χ4v) is 1.59. The summed E-state index contributed by atoms with van der Waals surface area (Å²) >= 11 is 1.42. The van der Waals surface area contributed by atoms with E-state index in [1.165, 1.54) is 11.3 Å². The average Bonchev–Trinajstić information content (AvgIpc) is 2.39. The Morgan fingerprint density at radius 3 is 3.08 bits per heavy atom. The van der Waals surface area contributed by atoms with Gasteiger partial charge in [-0.15, -0.1) is 0 Å². The van der Waals surface area contributed by atoms with Gasteiger partial charge in [-0.05, 0) is 18.5 Å². The molecule has 1 aromatic heterocycles. The molecular formula is C7H9N5S. The third-order valence-corrected chi connectivity index (χ3v) is 2.32. The molecule has 0 spiro atoms. The zero-order chi connectivity index (χ0) is 9.68. The molecule has 5 nitrogen and oxygen atoms in total. The second kappa shape index (κ2) is 4.49. The summed E-state index contributed by atoms with van der Waals surface area (Å²) in [7, 11) is 0. The third kappa shape index (κ3) is 2.77. The second-order valence-electron chi connectivity index (χ2n) is 2.32. The largest absolute Gasteiger partial charge is 0.375 e. The van der Waals surface area contributed by atoms with E-state index in [4.69, 9.17) is 11.3 Å². The van der Waals surface area contributed by atoms with E-state index in [2.05, 4.69) is 15.0 Å². The predicted molar refractivity (Wildman–Crippen MR) is 54.3 cm³/mol. The molecule has 2 N–H and O–H groups in total. The van der Waals surface area contributed by atoms with E-state index in [1.807, 2.05) is 13.0 Å². The van der Waals surface area contributed by atoms with E-state index in [-0.39, 0.29) is 0 Å². The summed E-state index contributed by atoms with van der Waals surface area (Å²) < 4.78 is 0. The number of aromatic nitrogens is 1. The monoisotopic (exact) mass is 195 g/mol. The standard InChI is InChI=1S/C7H9N5S/c1-5-6(13-7(8)11-5)3-2-4-10-12-9/h2-3H,4H2,1H3,(H2,8,11). The molecule has 68 valence electrons. The van der Waals surface area contributed by atoms with Gasteiger partial charge in [0.25, 0.3) is 0 Å². The van der Waals surface area contributed by atoms with Crippen LogP contribution in [-0.2, 0) is 0 Å². The first-order valence-corrected chi connectivity index (χ1v) is 4.46. The lowest BCUT2D eigenvalue weighted by molar-refractivity contribution is 1.22.